The third-order valence-electron chi connectivity index (χ3n) is 6.33. The topological polar surface area (TPSA) is 268 Å². The molecule has 0 amide bonds. The number of pyridine rings is 6. The smallest absolute Gasteiger partial charge is 0.255 e. The Morgan fingerprint density at radius 2 is 0.418 bits per heavy atom. The second-order valence-corrected chi connectivity index (χ2v) is 10.1. The molecule has 14 nitrogen and oxygen atoms in total. The predicted octanol–water partition coefficient (Wildman–Crippen LogP) is 5.80. The van der Waals surface area contributed by atoms with Gasteiger partial charge in [0.25, 0.3) is 0 Å². The van der Waals surface area contributed by atoms with Crippen LogP contribution in [0.25, 0.3) is 34.2 Å². The van der Waals surface area contributed by atoms with E-state index in [1.54, 1.807) is 37.2 Å². The number of nitriles is 8. The quantitative estimate of drug-likeness (QED) is 0.193. The van der Waals surface area contributed by atoms with Crippen molar-refractivity contribution in [1.29, 1.82) is 42.1 Å². The Morgan fingerprint density at radius 3 is 0.491 bits per heavy atom. The van der Waals surface area contributed by atoms with Crippen molar-refractivity contribution in [3.05, 3.63) is 146 Å². The molecule has 6 heterocycles. The van der Waals surface area contributed by atoms with E-state index in [-0.39, 0.29) is 16.8 Å². The normalized spacial score (nSPS) is 8.80. The molecule has 0 aliphatic carbocycles. The van der Waals surface area contributed by atoms with Crippen LogP contribution in [0, 0.1) is 89.8 Å². The van der Waals surface area contributed by atoms with Crippen LogP contribution in [-0.4, -0.2) is 42.2 Å². The maximum absolute atomic E-state index is 8.09. The summed E-state index contributed by atoms with van der Waals surface area (Å²) in [7, 11) is 0. The summed E-state index contributed by atoms with van der Waals surface area (Å²) in [5, 5.41) is 64.7. The SMILES string of the molecule is N#C[B-](C#N)(C#N)C#N.N#C[B-](C#N)(C#N)C#N.[Co+2].c1ccc(-c2ccccn2)nc1.c1ccc(-c2ccccn2)nc1.c1ccc(-c2ccccn2)nc1. The Balaban J connectivity index is 0.000000345. The summed E-state index contributed by atoms with van der Waals surface area (Å²) in [4.78, 5) is 25.1. The average molecular weight is 757 g/mol. The Morgan fingerprint density at radius 1 is 0.273 bits per heavy atom. The van der Waals surface area contributed by atoms with Crippen LogP contribution in [0.4, 0.5) is 0 Å². The molecule has 0 unspecified atom stereocenters. The van der Waals surface area contributed by atoms with E-state index in [0.29, 0.717) is 0 Å². The third kappa shape index (κ3) is 15.1. The zero-order chi connectivity index (χ0) is 39.3. The van der Waals surface area contributed by atoms with Crippen molar-refractivity contribution in [3.63, 3.8) is 0 Å². The molecular formula is C38H24B2CoN14. The van der Waals surface area contributed by atoms with Crippen LogP contribution < -0.4 is 0 Å². The van der Waals surface area contributed by atoms with E-state index in [9.17, 15) is 0 Å². The fourth-order valence-electron chi connectivity index (χ4n) is 3.43. The van der Waals surface area contributed by atoms with Crippen LogP contribution in [0.5, 0.6) is 0 Å². The van der Waals surface area contributed by atoms with Gasteiger partial charge >= 0.3 is 29.1 Å². The van der Waals surface area contributed by atoms with Crippen LogP contribution in [-0.2, 0) is 16.8 Å². The van der Waals surface area contributed by atoms with Gasteiger partial charge in [0, 0.05) is 37.2 Å². The fraction of sp³-hybridized carbons (Fsp3) is 0. The third-order valence-corrected chi connectivity index (χ3v) is 6.33. The van der Waals surface area contributed by atoms with Crippen molar-refractivity contribution in [2.75, 3.05) is 0 Å². The molecule has 0 aliphatic heterocycles. The summed E-state index contributed by atoms with van der Waals surface area (Å²) in [5.74, 6) is 10.8. The standard InChI is InChI=1S/3C10H8N2.2C4BN4.Co/c3*1-3-7-11-9(5-1)10-6-2-4-8-12-10;2*6-1-5(2-7,3-8)4-9;/h3*1-8H;;;/q;;;2*-1;+2. The Kier molecular flexibility index (Phi) is 20.6. The largest absolute Gasteiger partial charge is 2.00 e. The van der Waals surface area contributed by atoms with Crippen LogP contribution in [0.3, 0.4) is 0 Å². The number of aromatic nitrogens is 6. The van der Waals surface area contributed by atoms with Crippen LogP contribution in [0.15, 0.2) is 146 Å². The van der Waals surface area contributed by atoms with Gasteiger partial charge in [0.1, 0.15) is 0 Å². The van der Waals surface area contributed by atoms with Gasteiger partial charge in [0.2, 0.25) is 0 Å². The van der Waals surface area contributed by atoms with Gasteiger partial charge in [-0.15, -0.1) is 47.7 Å². The first-order valence-corrected chi connectivity index (χ1v) is 15.5. The summed E-state index contributed by atoms with van der Waals surface area (Å²) in [6, 6.07) is 34.8. The Bertz CT molecular complexity index is 1900. The summed E-state index contributed by atoms with van der Waals surface area (Å²) in [6.07, 6.45) is 5.16. The van der Waals surface area contributed by atoms with E-state index in [4.69, 9.17) is 42.1 Å². The van der Waals surface area contributed by atoms with E-state index < -0.39 is 12.3 Å². The van der Waals surface area contributed by atoms with Gasteiger partial charge in [-0.1, -0.05) is 36.4 Å². The van der Waals surface area contributed by atoms with Crippen LogP contribution in [0.1, 0.15) is 0 Å². The van der Waals surface area contributed by atoms with E-state index in [0.717, 1.165) is 34.2 Å². The summed E-state index contributed by atoms with van der Waals surface area (Å²) in [5.41, 5.74) is 5.49. The minimum absolute atomic E-state index is 0. The van der Waals surface area contributed by atoms with Crippen molar-refractivity contribution < 1.29 is 16.8 Å². The summed E-state index contributed by atoms with van der Waals surface area (Å²) >= 11 is 0. The van der Waals surface area contributed by atoms with E-state index >= 15 is 0 Å². The molecule has 0 bridgehead atoms. The second-order valence-electron chi connectivity index (χ2n) is 10.1. The minimum Gasteiger partial charge on any atom is -0.255 e. The maximum atomic E-state index is 8.09. The zero-order valence-electron chi connectivity index (χ0n) is 28.6. The molecule has 261 valence electrons. The molecule has 17 heteroatoms. The van der Waals surface area contributed by atoms with Crippen LogP contribution >= 0.6 is 0 Å². The number of nitrogens with zero attached hydrogens (tertiary/aromatic N) is 14. The first kappa shape index (κ1) is 44.5. The molecule has 0 N–H and O–H groups in total. The van der Waals surface area contributed by atoms with Crippen molar-refractivity contribution in [1.82, 2.24) is 29.9 Å². The molecular weight excluding hydrogens is 733 g/mol. The molecule has 0 saturated carbocycles. The average Bonchev–Trinajstić information content (AvgIpc) is 3.28. The second kappa shape index (κ2) is 25.4. The van der Waals surface area contributed by atoms with E-state index in [1.807, 2.05) is 109 Å². The van der Waals surface area contributed by atoms with Crippen LogP contribution in [0.2, 0.25) is 0 Å². The van der Waals surface area contributed by atoms with Gasteiger partial charge in [-0.05, 0) is 72.8 Å². The zero-order valence-corrected chi connectivity index (χ0v) is 29.6. The molecule has 0 aliphatic rings. The first-order valence-electron chi connectivity index (χ1n) is 15.5. The minimum atomic E-state index is -2.72. The van der Waals surface area contributed by atoms with Gasteiger partial charge in [0.05, 0.1) is 34.2 Å². The summed E-state index contributed by atoms with van der Waals surface area (Å²) in [6.45, 7) is 0. The number of rotatable bonds is 3. The first-order chi connectivity index (χ1) is 26.4. The predicted molar refractivity (Wildman–Crippen MR) is 199 cm³/mol. The molecule has 0 aromatic carbocycles. The van der Waals surface area contributed by atoms with Crippen molar-refractivity contribution in [2.45, 2.75) is 0 Å². The van der Waals surface area contributed by atoms with Gasteiger partial charge in [-0.25, -0.2) is 42.1 Å². The van der Waals surface area contributed by atoms with Gasteiger partial charge < -0.3 is 0 Å². The molecule has 0 atom stereocenters. The van der Waals surface area contributed by atoms with Gasteiger partial charge in [-0.2, -0.15) is 0 Å². The molecule has 0 saturated heterocycles. The molecule has 55 heavy (non-hydrogen) atoms. The monoisotopic (exact) mass is 757 g/mol. The van der Waals surface area contributed by atoms with Gasteiger partial charge in [0.15, 0.2) is 0 Å². The molecule has 1 radical (unpaired) electrons. The van der Waals surface area contributed by atoms with E-state index in [1.165, 1.54) is 47.7 Å². The molecule has 6 rings (SSSR count). The van der Waals surface area contributed by atoms with Crippen molar-refractivity contribution in [3.8, 4) is 81.9 Å². The molecule has 6 aromatic heterocycles. The van der Waals surface area contributed by atoms with E-state index in [2.05, 4.69) is 29.9 Å². The molecule has 0 fully saturated rings. The van der Waals surface area contributed by atoms with Crippen molar-refractivity contribution >= 4 is 12.3 Å². The van der Waals surface area contributed by atoms with Gasteiger partial charge in [-0.3, -0.25) is 29.9 Å². The molecule has 0 spiro atoms. The molecule has 6 aromatic rings. The summed E-state index contributed by atoms with van der Waals surface area (Å²) < 4.78 is 0. The van der Waals surface area contributed by atoms with Crippen molar-refractivity contribution in [2.24, 2.45) is 0 Å². The Hall–Kier alpha value is -8.54. The number of hydrogen-bond donors (Lipinski definition) is 0. The maximum Gasteiger partial charge on any atom is 2.00 e. The fourth-order valence-corrected chi connectivity index (χ4v) is 3.43. The number of hydrogen-bond acceptors (Lipinski definition) is 14. The Labute approximate surface area is 328 Å².